The van der Waals surface area contributed by atoms with E-state index in [1.54, 1.807) is 6.20 Å². The number of hydrogen-bond acceptors (Lipinski definition) is 2. The van der Waals surface area contributed by atoms with Crippen LogP contribution in [0.2, 0.25) is 0 Å². The molecule has 48 valence electrons. The van der Waals surface area contributed by atoms with Gasteiger partial charge in [0.2, 0.25) is 0 Å². The summed E-state index contributed by atoms with van der Waals surface area (Å²) in [6.07, 6.45) is 7.35. The number of aromatic nitrogens is 2. The minimum atomic E-state index is 0.575. The lowest BCUT2D eigenvalue weighted by molar-refractivity contribution is 1.09. The molecule has 1 rings (SSSR count). The predicted octanol–water partition coefficient (Wildman–Crippen LogP) is 0.382. The summed E-state index contributed by atoms with van der Waals surface area (Å²) in [7, 11) is 0. The highest BCUT2D eigenvalue weighted by Gasteiger charge is 1.81. The first-order valence-corrected chi connectivity index (χ1v) is 2.79. The largest absolute Gasteiger partial charge is 0.327 e. The standard InChI is InChI=1S/C6H9N3/c7-3-1-2-6-4-8-9-5-6/h1-2,4-5H,3,7H2,(H,8,9)/b2-1+. The lowest BCUT2D eigenvalue weighted by Crippen LogP contribution is -1.91. The van der Waals surface area contributed by atoms with Gasteiger partial charge in [-0.1, -0.05) is 12.2 Å². The summed E-state index contributed by atoms with van der Waals surface area (Å²) < 4.78 is 0. The van der Waals surface area contributed by atoms with Crippen molar-refractivity contribution in [2.45, 2.75) is 0 Å². The van der Waals surface area contributed by atoms with Crippen LogP contribution in [0.15, 0.2) is 18.5 Å². The van der Waals surface area contributed by atoms with Crippen LogP contribution >= 0.6 is 0 Å². The molecule has 3 N–H and O–H groups in total. The van der Waals surface area contributed by atoms with Crippen molar-refractivity contribution in [1.29, 1.82) is 0 Å². The van der Waals surface area contributed by atoms with Gasteiger partial charge in [0, 0.05) is 18.3 Å². The molecule has 0 amide bonds. The van der Waals surface area contributed by atoms with Crippen molar-refractivity contribution in [1.82, 2.24) is 10.2 Å². The average molecular weight is 123 g/mol. The molecule has 3 nitrogen and oxygen atoms in total. The minimum Gasteiger partial charge on any atom is -0.327 e. The first-order chi connectivity index (χ1) is 4.43. The molecule has 0 aromatic carbocycles. The lowest BCUT2D eigenvalue weighted by atomic mass is 10.3. The lowest BCUT2D eigenvalue weighted by Gasteiger charge is -1.77. The summed E-state index contributed by atoms with van der Waals surface area (Å²) in [5, 5.41) is 6.45. The summed E-state index contributed by atoms with van der Waals surface area (Å²) in [5.41, 5.74) is 6.28. The molecule has 0 fully saturated rings. The summed E-state index contributed by atoms with van der Waals surface area (Å²) in [6.45, 7) is 0.575. The van der Waals surface area contributed by atoms with Gasteiger partial charge in [-0.25, -0.2) is 0 Å². The van der Waals surface area contributed by atoms with Crippen LogP contribution < -0.4 is 5.73 Å². The van der Waals surface area contributed by atoms with E-state index in [0.29, 0.717) is 6.54 Å². The number of nitrogens with zero attached hydrogens (tertiary/aromatic N) is 1. The Morgan fingerprint density at radius 3 is 3.22 bits per heavy atom. The Bertz CT molecular complexity index is 176. The molecule has 9 heavy (non-hydrogen) atoms. The number of hydrogen-bond donors (Lipinski definition) is 2. The Hall–Kier alpha value is -1.09. The average Bonchev–Trinajstić information content (AvgIpc) is 2.34. The molecule has 3 heteroatoms. The van der Waals surface area contributed by atoms with Crippen LogP contribution in [-0.2, 0) is 0 Å². The third-order valence-electron chi connectivity index (χ3n) is 0.966. The number of rotatable bonds is 2. The molecule has 0 saturated carbocycles. The van der Waals surface area contributed by atoms with E-state index in [2.05, 4.69) is 10.2 Å². The first kappa shape index (κ1) is 6.04. The van der Waals surface area contributed by atoms with Gasteiger partial charge in [-0.05, 0) is 0 Å². The number of aromatic amines is 1. The van der Waals surface area contributed by atoms with Crippen molar-refractivity contribution in [2.24, 2.45) is 5.73 Å². The van der Waals surface area contributed by atoms with Crippen LogP contribution in [0.4, 0.5) is 0 Å². The van der Waals surface area contributed by atoms with E-state index in [0.717, 1.165) is 5.56 Å². The maximum absolute atomic E-state index is 5.23. The smallest absolute Gasteiger partial charge is 0.0559 e. The maximum Gasteiger partial charge on any atom is 0.0559 e. The van der Waals surface area contributed by atoms with Crippen molar-refractivity contribution in [2.75, 3.05) is 6.54 Å². The molecule has 0 saturated heterocycles. The molecule has 0 aliphatic heterocycles. The van der Waals surface area contributed by atoms with Crippen LogP contribution in [0, 0.1) is 0 Å². The molecule has 0 radical (unpaired) electrons. The summed E-state index contributed by atoms with van der Waals surface area (Å²) in [5.74, 6) is 0. The van der Waals surface area contributed by atoms with Crippen molar-refractivity contribution in [3.05, 3.63) is 24.0 Å². The quantitative estimate of drug-likeness (QED) is 0.597. The van der Waals surface area contributed by atoms with E-state index < -0.39 is 0 Å². The highest BCUT2D eigenvalue weighted by atomic mass is 15.1. The molecule has 0 aliphatic rings. The molecule has 1 heterocycles. The fraction of sp³-hybridized carbons (Fsp3) is 0.167. The second-order valence-corrected chi connectivity index (χ2v) is 1.67. The van der Waals surface area contributed by atoms with E-state index in [-0.39, 0.29) is 0 Å². The fourth-order valence-electron chi connectivity index (χ4n) is 0.556. The van der Waals surface area contributed by atoms with Gasteiger partial charge < -0.3 is 5.73 Å². The van der Waals surface area contributed by atoms with E-state index >= 15 is 0 Å². The summed E-state index contributed by atoms with van der Waals surface area (Å²) in [6, 6.07) is 0. The van der Waals surface area contributed by atoms with E-state index in [9.17, 15) is 0 Å². The number of nitrogens with one attached hydrogen (secondary N) is 1. The topological polar surface area (TPSA) is 54.7 Å². The van der Waals surface area contributed by atoms with Crippen LogP contribution in [0.1, 0.15) is 5.56 Å². The second kappa shape index (κ2) is 3.04. The highest BCUT2D eigenvalue weighted by Crippen LogP contribution is 1.94. The van der Waals surface area contributed by atoms with Crippen LogP contribution in [0.25, 0.3) is 6.08 Å². The van der Waals surface area contributed by atoms with Crippen molar-refractivity contribution < 1.29 is 0 Å². The van der Waals surface area contributed by atoms with Crippen molar-refractivity contribution in [3.8, 4) is 0 Å². The molecule has 0 bridgehead atoms. The third-order valence-corrected chi connectivity index (χ3v) is 0.966. The molecule has 0 aliphatic carbocycles. The summed E-state index contributed by atoms with van der Waals surface area (Å²) in [4.78, 5) is 0. The SMILES string of the molecule is NC/C=C/c1cn[nH]c1. The second-order valence-electron chi connectivity index (χ2n) is 1.67. The Balaban J connectivity index is 2.57. The van der Waals surface area contributed by atoms with E-state index in [1.165, 1.54) is 0 Å². The van der Waals surface area contributed by atoms with Crippen LogP contribution in [-0.4, -0.2) is 16.7 Å². The number of nitrogens with two attached hydrogens (primary N) is 1. The molecular weight excluding hydrogens is 114 g/mol. The normalized spacial score (nSPS) is 10.8. The fourth-order valence-corrected chi connectivity index (χ4v) is 0.556. The van der Waals surface area contributed by atoms with Gasteiger partial charge in [0.05, 0.1) is 6.20 Å². The summed E-state index contributed by atoms with van der Waals surface area (Å²) >= 11 is 0. The molecule has 1 aromatic rings. The molecule has 0 unspecified atom stereocenters. The van der Waals surface area contributed by atoms with Gasteiger partial charge in [-0.15, -0.1) is 0 Å². The zero-order chi connectivity index (χ0) is 6.53. The van der Waals surface area contributed by atoms with Gasteiger partial charge in [-0.3, -0.25) is 5.10 Å². The van der Waals surface area contributed by atoms with Crippen molar-refractivity contribution >= 4 is 6.08 Å². The van der Waals surface area contributed by atoms with E-state index in [1.807, 2.05) is 18.3 Å². The number of H-pyrrole nitrogens is 1. The van der Waals surface area contributed by atoms with Crippen LogP contribution in [0.5, 0.6) is 0 Å². The zero-order valence-electron chi connectivity index (χ0n) is 5.04. The maximum atomic E-state index is 5.23. The minimum absolute atomic E-state index is 0.575. The van der Waals surface area contributed by atoms with Crippen molar-refractivity contribution in [3.63, 3.8) is 0 Å². The molecule has 1 aromatic heterocycles. The first-order valence-electron chi connectivity index (χ1n) is 2.79. The Kier molecular flexibility index (Phi) is 2.04. The Labute approximate surface area is 53.6 Å². The van der Waals surface area contributed by atoms with Gasteiger partial charge in [0.15, 0.2) is 0 Å². The Morgan fingerprint density at radius 2 is 2.67 bits per heavy atom. The van der Waals surface area contributed by atoms with E-state index in [4.69, 9.17) is 5.73 Å². The zero-order valence-corrected chi connectivity index (χ0v) is 5.04. The molecule has 0 spiro atoms. The molecule has 0 atom stereocenters. The molecular formula is C6H9N3. The monoisotopic (exact) mass is 123 g/mol. The van der Waals surface area contributed by atoms with Gasteiger partial charge in [-0.2, -0.15) is 5.10 Å². The van der Waals surface area contributed by atoms with Crippen LogP contribution in [0.3, 0.4) is 0 Å². The highest BCUT2D eigenvalue weighted by molar-refractivity contribution is 5.46. The third kappa shape index (κ3) is 1.70. The van der Waals surface area contributed by atoms with Gasteiger partial charge in [0.1, 0.15) is 0 Å². The predicted molar refractivity (Wildman–Crippen MR) is 36.7 cm³/mol. The Morgan fingerprint density at radius 1 is 1.78 bits per heavy atom. The van der Waals surface area contributed by atoms with Gasteiger partial charge >= 0.3 is 0 Å². The van der Waals surface area contributed by atoms with Gasteiger partial charge in [0.25, 0.3) is 0 Å².